The van der Waals surface area contributed by atoms with Crippen molar-refractivity contribution in [2.45, 2.75) is 65.9 Å². The summed E-state index contributed by atoms with van der Waals surface area (Å²) in [5.41, 5.74) is 8.00. The fourth-order valence-electron chi connectivity index (χ4n) is 6.72. The molecular weight excluding hydrogens is 857 g/mol. The van der Waals surface area contributed by atoms with Gasteiger partial charge in [-0.3, -0.25) is 25.1 Å². The molecule has 0 radical (unpaired) electrons. The highest BCUT2D eigenvalue weighted by Crippen LogP contribution is 2.37. The number of aliphatic hydroxyl groups excluding tert-OH is 2. The van der Waals surface area contributed by atoms with Gasteiger partial charge in [0.2, 0.25) is 0 Å². The first-order valence-corrected chi connectivity index (χ1v) is 20.9. The van der Waals surface area contributed by atoms with Gasteiger partial charge in [0.25, 0.3) is 0 Å². The van der Waals surface area contributed by atoms with Crippen molar-refractivity contribution < 1.29 is 39.1 Å². The van der Waals surface area contributed by atoms with E-state index in [1.54, 1.807) is 62.2 Å². The molecule has 2 heterocycles. The van der Waals surface area contributed by atoms with Crippen LogP contribution < -0.4 is 24.3 Å². The molecule has 0 amide bonds. The summed E-state index contributed by atoms with van der Waals surface area (Å²) in [6.45, 7) is 5.17. The number of aliphatic imine (C=N–C) groups is 1. The number of aliphatic hydroxyl groups is 2. The molecule has 0 aliphatic carbocycles. The zero-order valence-corrected chi connectivity index (χ0v) is 37.2. The van der Waals surface area contributed by atoms with Gasteiger partial charge in [-0.1, -0.05) is 59.6 Å². The number of carboxylic acids is 1. The maximum absolute atomic E-state index is 11.9. The number of aromatic nitrogens is 2. The Morgan fingerprint density at radius 2 is 1.28 bits per heavy atom. The highest BCUT2D eigenvalue weighted by molar-refractivity contribution is 6.32. The van der Waals surface area contributed by atoms with Crippen molar-refractivity contribution in [2.75, 3.05) is 13.7 Å². The molecule has 330 valence electrons. The van der Waals surface area contributed by atoms with Gasteiger partial charge in [0.1, 0.15) is 61.0 Å². The molecule has 1 atom stereocenters. The van der Waals surface area contributed by atoms with Gasteiger partial charge in [-0.2, -0.15) is 5.26 Å². The molecule has 6 aromatic rings. The molecule has 64 heavy (non-hydrogen) atoms. The molecule has 0 bridgehead atoms. The van der Waals surface area contributed by atoms with Crippen LogP contribution >= 0.6 is 23.2 Å². The normalized spacial score (nSPS) is 12.1. The number of pyridine rings is 2. The summed E-state index contributed by atoms with van der Waals surface area (Å²) >= 11 is 13.4. The third-order valence-corrected chi connectivity index (χ3v) is 11.2. The van der Waals surface area contributed by atoms with Crippen LogP contribution in [0.4, 0.5) is 0 Å². The monoisotopic (exact) mass is 903 g/mol. The van der Waals surface area contributed by atoms with Gasteiger partial charge in [0, 0.05) is 84.5 Å². The number of hydrogen-bond donors (Lipinski definition) is 4. The standard InChI is InChI=1S/C49H47Cl2N5O8/c1-30-36(27-63-46-15-44(61-25-34-11-32(17-52)19-54-21-34)38(13-42(46)50)23-56-49(3,29-58)48(59)60)7-5-9-40(30)41-10-6-8-37(31(41)2)28-64-47-16-45(39(24-57)14-43(47)51)62-26-35-12-33(18-53-4)20-55-22-35/h5-16,18-22,56-58H,23-29H2,1-4H3,(H,59,60). The number of carboxylic acid groups (broad SMARTS) is 1. The Labute approximate surface area is 381 Å². The van der Waals surface area contributed by atoms with E-state index in [9.17, 15) is 25.4 Å². The molecule has 4 aromatic carbocycles. The minimum absolute atomic E-state index is 0.00170. The molecule has 0 saturated carbocycles. The number of carbonyl (C=O) groups is 1. The molecule has 0 fully saturated rings. The van der Waals surface area contributed by atoms with Gasteiger partial charge < -0.3 is 34.3 Å². The van der Waals surface area contributed by atoms with Crippen LogP contribution in [0.1, 0.15) is 62.6 Å². The highest BCUT2D eigenvalue weighted by atomic mass is 35.5. The van der Waals surface area contributed by atoms with Crippen molar-refractivity contribution >= 4 is 35.4 Å². The first kappa shape index (κ1) is 47.0. The van der Waals surface area contributed by atoms with Crippen LogP contribution in [0.3, 0.4) is 0 Å². The number of halogens is 2. The van der Waals surface area contributed by atoms with E-state index in [1.807, 2.05) is 50.2 Å². The lowest BCUT2D eigenvalue weighted by Crippen LogP contribution is -2.52. The second-order valence-electron chi connectivity index (χ2n) is 15.1. The first-order valence-electron chi connectivity index (χ1n) is 20.1. The van der Waals surface area contributed by atoms with Crippen molar-refractivity contribution in [1.29, 1.82) is 5.26 Å². The van der Waals surface area contributed by atoms with E-state index in [1.165, 1.54) is 13.1 Å². The number of nitrogens with zero attached hydrogens (tertiary/aromatic N) is 4. The predicted octanol–water partition coefficient (Wildman–Crippen LogP) is 8.72. The van der Waals surface area contributed by atoms with E-state index in [2.05, 4.69) is 32.4 Å². The van der Waals surface area contributed by atoms with Gasteiger partial charge in [-0.05, 0) is 78.4 Å². The molecular formula is C49H47Cl2N5O8. The third kappa shape index (κ3) is 11.5. The SMILES string of the molecule is CN=Cc1cncc(COc2cc(OCc3cccc(-c4cccc(COc5cc(OCc6cncc(C#N)c6)c(CNC(C)(CO)C(=O)O)cc5Cl)c4C)c3C)c(Cl)cc2CO)c1. The van der Waals surface area contributed by atoms with E-state index < -0.39 is 18.1 Å². The number of nitriles is 1. The second-order valence-corrected chi connectivity index (χ2v) is 15.9. The van der Waals surface area contributed by atoms with Crippen molar-refractivity contribution in [1.82, 2.24) is 15.3 Å². The summed E-state index contributed by atoms with van der Waals surface area (Å²) in [5, 5.41) is 42.4. The third-order valence-electron chi connectivity index (χ3n) is 10.6. The lowest BCUT2D eigenvalue weighted by molar-refractivity contribution is -0.145. The Morgan fingerprint density at radius 3 is 1.81 bits per heavy atom. The van der Waals surface area contributed by atoms with Crippen molar-refractivity contribution in [3.63, 3.8) is 0 Å². The van der Waals surface area contributed by atoms with Crippen LogP contribution in [-0.4, -0.2) is 56.7 Å². The Bertz CT molecular complexity index is 2710. The maximum atomic E-state index is 11.9. The average Bonchev–Trinajstić information content (AvgIpc) is 3.30. The van der Waals surface area contributed by atoms with Crippen LogP contribution in [0.15, 0.2) is 103 Å². The van der Waals surface area contributed by atoms with E-state index in [-0.39, 0.29) is 44.6 Å². The van der Waals surface area contributed by atoms with Crippen LogP contribution in [0.25, 0.3) is 11.1 Å². The Balaban J connectivity index is 1.19. The molecule has 0 saturated heterocycles. The van der Waals surface area contributed by atoms with E-state index in [0.717, 1.165) is 44.5 Å². The fraction of sp³-hybridized carbons (Fsp3) is 0.245. The van der Waals surface area contributed by atoms with Crippen LogP contribution in [-0.2, 0) is 44.4 Å². The Hall–Kier alpha value is -6.53. The topological polar surface area (TPSA) is 189 Å². The minimum Gasteiger partial charge on any atom is -0.488 e. The number of hydrogen-bond acceptors (Lipinski definition) is 12. The highest BCUT2D eigenvalue weighted by Gasteiger charge is 2.32. The van der Waals surface area contributed by atoms with E-state index in [4.69, 9.17) is 42.1 Å². The van der Waals surface area contributed by atoms with Gasteiger partial charge in [0.05, 0.1) is 28.8 Å². The smallest absolute Gasteiger partial charge is 0.326 e. The Kier molecular flexibility index (Phi) is 15.9. The number of aliphatic carboxylic acids is 1. The van der Waals surface area contributed by atoms with Gasteiger partial charge in [0.15, 0.2) is 0 Å². The lowest BCUT2D eigenvalue weighted by Gasteiger charge is -2.25. The Morgan fingerprint density at radius 1 is 0.750 bits per heavy atom. The quantitative estimate of drug-likeness (QED) is 0.0535. The molecule has 0 aliphatic heterocycles. The number of nitrogens with one attached hydrogen (secondary N) is 1. The van der Waals surface area contributed by atoms with Gasteiger partial charge in [-0.25, -0.2) is 0 Å². The molecule has 6 rings (SSSR count). The van der Waals surface area contributed by atoms with E-state index >= 15 is 0 Å². The molecule has 15 heteroatoms. The zero-order valence-electron chi connectivity index (χ0n) is 35.7. The summed E-state index contributed by atoms with van der Waals surface area (Å²) in [6.07, 6.45) is 8.17. The summed E-state index contributed by atoms with van der Waals surface area (Å²) in [5.74, 6) is 0.317. The molecule has 0 aliphatic rings. The summed E-state index contributed by atoms with van der Waals surface area (Å²) in [6, 6.07) is 24.3. The number of ether oxygens (including phenoxy) is 4. The zero-order chi connectivity index (χ0) is 45.8. The lowest BCUT2D eigenvalue weighted by atomic mass is 9.92. The predicted molar refractivity (Wildman–Crippen MR) is 244 cm³/mol. The van der Waals surface area contributed by atoms with Gasteiger partial charge in [-0.15, -0.1) is 0 Å². The van der Waals surface area contributed by atoms with Gasteiger partial charge >= 0.3 is 5.97 Å². The maximum Gasteiger partial charge on any atom is 0.326 e. The van der Waals surface area contributed by atoms with Crippen LogP contribution in [0, 0.1) is 25.2 Å². The molecule has 2 aromatic heterocycles. The summed E-state index contributed by atoms with van der Waals surface area (Å²) < 4.78 is 24.9. The molecule has 4 N–H and O–H groups in total. The van der Waals surface area contributed by atoms with Crippen LogP contribution in [0.2, 0.25) is 10.0 Å². The molecule has 13 nitrogen and oxygen atoms in total. The van der Waals surface area contributed by atoms with E-state index in [0.29, 0.717) is 50.3 Å². The molecule has 1 unspecified atom stereocenters. The van der Waals surface area contributed by atoms with Crippen molar-refractivity contribution in [3.8, 4) is 40.2 Å². The first-order chi connectivity index (χ1) is 30.9. The minimum atomic E-state index is -1.62. The summed E-state index contributed by atoms with van der Waals surface area (Å²) in [4.78, 5) is 24.3. The fourth-order valence-corrected chi connectivity index (χ4v) is 7.20. The number of rotatable bonds is 20. The average molecular weight is 905 g/mol. The van der Waals surface area contributed by atoms with Crippen LogP contribution in [0.5, 0.6) is 23.0 Å². The second kappa shape index (κ2) is 21.7. The van der Waals surface area contributed by atoms with Crippen molar-refractivity contribution in [2.24, 2.45) is 4.99 Å². The largest absolute Gasteiger partial charge is 0.488 e. The number of benzene rings is 4. The molecule has 0 spiro atoms. The summed E-state index contributed by atoms with van der Waals surface area (Å²) in [7, 11) is 1.69. The van der Waals surface area contributed by atoms with Crippen molar-refractivity contribution in [3.05, 3.63) is 163 Å².